The molecule has 0 aromatic heterocycles. The van der Waals surface area contributed by atoms with Gasteiger partial charge in [0.05, 0.1) is 6.42 Å². The molecule has 0 N–H and O–H groups in total. The Hall–Kier alpha value is -1.83. The molecule has 0 unspecified atom stereocenters. The van der Waals surface area contributed by atoms with Crippen LogP contribution in [0, 0.1) is 6.92 Å². The third kappa shape index (κ3) is 2.31. The van der Waals surface area contributed by atoms with E-state index in [1.807, 2.05) is 12.1 Å². The molecule has 0 saturated carbocycles. The van der Waals surface area contributed by atoms with Crippen LogP contribution >= 0.6 is 0 Å². The summed E-state index contributed by atoms with van der Waals surface area (Å²) in [5.41, 5.74) is 2.32. The van der Waals surface area contributed by atoms with Gasteiger partial charge in [0.25, 0.3) is 0 Å². The maximum atomic E-state index is 11.8. The summed E-state index contributed by atoms with van der Waals surface area (Å²) in [6, 6.07) is 12.4. The summed E-state index contributed by atoms with van der Waals surface area (Å²) in [6.45, 7) is 2.06. The molecular formula is C15H17NO. The normalized spacial score (nSPS) is 10.5. The molecule has 2 heteroatoms. The summed E-state index contributed by atoms with van der Waals surface area (Å²) in [5, 5.41) is 2.38. The van der Waals surface area contributed by atoms with Crippen LogP contribution in [-0.2, 0) is 11.2 Å². The second-order valence-electron chi connectivity index (χ2n) is 4.55. The molecule has 0 heterocycles. The Balaban J connectivity index is 2.51. The molecule has 1 amide bonds. The number of aryl methyl sites for hydroxylation is 1. The van der Waals surface area contributed by atoms with Gasteiger partial charge in [-0.3, -0.25) is 4.79 Å². The van der Waals surface area contributed by atoms with E-state index in [1.165, 1.54) is 16.3 Å². The molecule has 0 aliphatic carbocycles. The Morgan fingerprint density at radius 2 is 1.82 bits per heavy atom. The predicted octanol–water partition coefficient (Wildman–Crippen LogP) is 2.78. The topological polar surface area (TPSA) is 20.3 Å². The highest BCUT2D eigenvalue weighted by molar-refractivity contribution is 5.91. The van der Waals surface area contributed by atoms with Crippen LogP contribution in [0.5, 0.6) is 0 Å². The van der Waals surface area contributed by atoms with Crippen LogP contribution in [0.2, 0.25) is 0 Å². The zero-order chi connectivity index (χ0) is 12.4. The van der Waals surface area contributed by atoms with Gasteiger partial charge in [0, 0.05) is 14.1 Å². The zero-order valence-electron chi connectivity index (χ0n) is 10.5. The summed E-state index contributed by atoms with van der Waals surface area (Å²) in [4.78, 5) is 13.5. The third-order valence-electron chi connectivity index (χ3n) is 3.10. The second-order valence-corrected chi connectivity index (χ2v) is 4.55. The Morgan fingerprint density at radius 1 is 1.12 bits per heavy atom. The molecule has 2 rings (SSSR count). The fourth-order valence-corrected chi connectivity index (χ4v) is 1.99. The first-order valence-corrected chi connectivity index (χ1v) is 5.77. The Kier molecular flexibility index (Phi) is 3.14. The lowest BCUT2D eigenvalue weighted by molar-refractivity contribution is -0.127. The average Bonchev–Trinajstić information content (AvgIpc) is 2.32. The molecular weight excluding hydrogens is 210 g/mol. The van der Waals surface area contributed by atoms with Crippen LogP contribution < -0.4 is 0 Å². The molecule has 0 spiro atoms. The van der Waals surface area contributed by atoms with E-state index in [-0.39, 0.29) is 5.91 Å². The van der Waals surface area contributed by atoms with Crippen molar-refractivity contribution in [3.63, 3.8) is 0 Å². The first-order chi connectivity index (χ1) is 8.09. The summed E-state index contributed by atoms with van der Waals surface area (Å²) >= 11 is 0. The Labute approximate surface area is 102 Å². The van der Waals surface area contributed by atoms with E-state index in [4.69, 9.17) is 0 Å². The van der Waals surface area contributed by atoms with E-state index in [1.54, 1.807) is 19.0 Å². The maximum Gasteiger partial charge on any atom is 0.226 e. The van der Waals surface area contributed by atoms with Gasteiger partial charge in [-0.1, -0.05) is 36.4 Å². The molecule has 0 fully saturated rings. The summed E-state index contributed by atoms with van der Waals surface area (Å²) < 4.78 is 0. The lowest BCUT2D eigenvalue weighted by Crippen LogP contribution is -2.23. The van der Waals surface area contributed by atoms with E-state index in [2.05, 4.69) is 31.2 Å². The number of hydrogen-bond acceptors (Lipinski definition) is 1. The van der Waals surface area contributed by atoms with Crippen molar-refractivity contribution in [2.75, 3.05) is 14.1 Å². The van der Waals surface area contributed by atoms with E-state index >= 15 is 0 Å². The largest absolute Gasteiger partial charge is 0.349 e. The number of fused-ring (bicyclic) bond motifs is 1. The molecule has 0 atom stereocenters. The van der Waals surface area contributed by atoms with Crippen molar-refractivity contribution in [2.24, 2.45) is 0 Å². The van der Waals surface area contributed by atoms with Gasteiger partial charge in [-0.05, 0) is 28.8 Å². The van der Waals surface area contributed by atoms with Gasteiger partial charge in [0.15, 0.2) is 0 Å². The van der Waals surface area contributed by atoms with Crippen LogP contribution in [0.4, 0.5) is 0 Å². The smallest absolute Gasteiger partial charge is 0.226 e. The van der Waals surface area contributed by atoms with Crippen LogP contribution in [0.25, 0.3) is 10.8 Å². The van der Waals surface area contributed by atoms with E-state index < -0.39 is 0 Å². The number of benzene rings is 2. The highest BCUT2D eigenvalue weighted by Gasteiger charge is 2.10. The fourth-order valence-electron chi connectivity index (χ4n) is 1.99. The Bertz CT molecular complexity index is 558. The summed E-state index contributed by atoms with van der Waals surface area (Å²) in [5.74, 6) is 0.143. The van der Waals surface area contributed by atoms with E-state index in [0.717, 1.165) is 5.56 Å². The molecule has 17 heavy (non-hydrogen) atoms. The van der Waals surface area contributed by atoms with Gasteiger partial charge in [-0.25, -0.2) is 0 Å². The molecule has 0 radical (unpaired) electrons. The van der Waals surface area contributed by atoms with Crippen molar-refractivity contribution in [3.05, 3.63) is 47.5 Å². The molecule has 2 nitrogen and oxygen atoms in total. The van der Waals surface area contributed by atoms with Crippen molar-refractivity contribution in [2.45, 2.75) is 13.3 Å². The van der Waals surface area contributed by atoms with Gasteiger partial charge in [0.1, 0.15) is 0 Å². The molecule has 0 bridgehead atoms. The minimum atomic E-state index is 0.143. The monoisotopic (exact) mass is 227 g/mol. The van der Waals surface area contributed by atoms with Crippen molar-refractivity contribution in [3.8, 4) is 0 Å². The molecule has 88 valence electrons. The quantitative estimate of drug-likeness (QED) is 0.772. The average molecular weight is 227 g/mol. The highest BCUT2D eigenvalue weighted by Crippen LogP contribution is 2.22. The summed E-state index contributed by atoms with van der Waals surface area (Å²) in [7, 11) is 3.59. The SMILES string of the molecule is Cc1ccc2ccccc2c1CC(=O)N(C)C. The van der Waals surface area contributed by atoms with Gasteiger partial charge in [-0.2, -0.15) is 0 Å². The number of amides is 1. The van der Waals surface area contributed by atoms with Crippen molar-refractivity contribution >= 4 is 16.7 Å². The number of carbonyl (C=O) groups excluding carboxylic acids is 1. The number of rotatable bonds is 2. The van der Waals surface area contributed by atoms with Crippen molar-refractivity contribution in [1.29, 1.82) is 0 Å². The first-order valence-electron chi connectivity index (χ1n) is 5.77. The highest BCUT2D eigenvalue weighted by atomic mass is 16.2. The zero-order valence-corrected chi connectivity index (χ0v) is 10.5. The number of hydrogen-bond donors (Lipinski definition) is 0. The number of likely N-dealkylation sites (N-methyl/N-ethyl adjacent to an activating group) is 1. The van der Waals surface area contributed by atoms with Gasteiger partial charge in [0.2, 0.25) is 5.91 Å². The third-order valence-corrected chi connectivity index (χ3v) is 3.10. The molecule has 2 aromatic rings. The van der Waals surface area contributed by atoms with E-state index in [9.17, 15) is 4.79 Å². The first kappa shape index (κ1) is 11.6. The van der Waals surface area contributed by atoms with Crippen molar-refractivity contribution in [1.82, 2.24) is 4.90 Å². The fraction of sp³-hybridized carbons (Fsp3) is 0.267. The molecule has 0 aliphatic heterocycles. The number of nitrogens with zero attached hydrogens (tertiary/aromatic N) is 1. The van der Waals surface area contributed by atoms with Gasteiger partial charge >= 0.3 is 0 Å². The lowest BCUT2D eigenvalue weighted by atomic mass is 9.97. The van der Waals surface area contributed by atoms with Crippen LogP contribution in [-0.4, -0.2) is 24.9 Å². The molecule has 2 aromatic carbocycles. The minimum Gasteiger partial charge on any atom is -0.349 e. The lowest BCUT2D eigenvalue weighted by Gasteiger charge is -2.13. The van der Waals surface area contributed by atoms with Gasteiger partial charge < -0.3 is 4.90 Å². The minimum absolute atomic E-state index is 0.143. The second kappa shape index (κ2) is 4.58. The Morgan fingerprint density at radius 3 is 2.53 bits per heavy atom. The predicted molar refractivity (Wildman–Crippen MR) is 71.1 cm³/mol. The van der Waals surface area contributed by atoms with Crippen LogP contribution in [0.1, 0.15) is 11.1 Å². The molecule has 0 aliphatic rings. The summed E-state index contributed by atoms with van der Waals surface area (Å²) in [6.07, 6.45) is 0.472. The van der Waals surface area contributed by atoms with Crippen LogP contribution in [0.15, 0.2) is 36.4 Å². The van der Waals surface area contributed by atoms with Gasteiger partial charge in [-0.15, -0.1) is 0 Å². The maximum absolute atomic E-state index is 11.8. The number of carbonyl (C=O) groups is 1. The van der Waals surface area contributed by atoms with Crippen LogP contribution in [0.3, 0.4) is 0 Å². The molecule has 0 saturated heterocycles. The van der Waals surface area contributed by atoms with Crippen molar-refractivity contribution < 1.29 is 4.79 Å². The standard InChI is InChI=1S/C15H17NO/c1-11-8-9-12-6-4-5-7-13(12)14(11)10-15(17)16(2)3/h4-9H,10H2,1-3H3. The van der Waals surface area contributed by atoms with E-state index in [0.29, 0.717) is 6.42 Å².